The Morgan fingerprint density at radius 1 is 0.653 bits per heavy atom. The van der Waals surface area contributed by atoms with Gasteiger partial charge in [0.1, 0.15) is 5.54 Å². The number of hydrogen-bond donors (Lipinski definition) is 0. The van der Waals surface area contributed by atoms with E-state index in [4.69, 9.17) is 14.7 Å². The molecular weight excluding hydrogens is 599 g/mol. The molecule has 0 radical (unpaired) electrons. The van der Waals surface area contributed by atoms with Crippen LogP contribution in [-0.4, -0.2) is 21.0 Å². The topological polar surface area (TPSA) is 39.4 Å². The van der Waals surface area contributed by atoms with E-state index in [-0.39, 0.29) is 16.7 Å². The Labute approximate surface area is 291 Å². The lowest BCUT2D eigenvalue weighted by Gasteiger charge is -2.40. The van der Waals surface area contributed by atoms with Crippen molar-refractivity contribution in [2.45, 2.75) is 91.2 Å². The number of fused-ring (bicyclic) bond motifs is 3. The number of ether oxygens (including phenoxy) is 1. The van der Waals surface area contributed by atoms with Crippen LogP contribution in [0, 0.1) is 5.92 Å². The van der Waals surface area contributed by atoms with Gasteiger partial charge in [0.05, 0.1) is 16.7 Å². The van der Waals surface area contributed by atoms with Gasteiger partial charge < -0.3 is 9.30 Å². The van der Waals surface area contributed by atoms with Gasteiger partial charge in [0.2, 0.25) is 5.90 Å². The monoisotopic (exact) mass is 647 g/mol. The van der Waals surface area contributed by atoms with Crippen LogP contribution in [0.5, 0.6) is 0 Å². The smallest absolute Gasteiger partial charge is 0.217 e. The molecule has 7 rings (SSSR count). The molecule has 0 spiro atoms. The maximum absolute atomic E-state index is 7.06. The summed E-state index contributed by atoms with van der Waals surface area (Å²) in [5.41, 5.74) is 8.98. The molecular formula is C45H49N3O. The fourth-order valence-electron chi connectivity index (χ4n) is 7.31. The number of nitrogens with zero attached hydrogens (tertiary/aromatic N) is 3. The molecule has 3 heterocycles. The van der Waals surface area contributed by atoms with Gasteiger partial charge in [-0.05, 0) is 89.8 Å². The van der Waals surface area contributed by atoms with E-state index in [0.29, 0.717) is 5.90 Å². The third-order valence-electron chi connectivity index (χ3n) is 10.9. The highest BCUT2D eigenvalue weighted by molar-refractivity contribution is 6.10. The van der Waals surface area contributed by atoms with Crippen LogP contribution in [0.25, 0.3) is 38.8 Å². The number of rotatable bonds is 5. The molecule has 4 nitrogen and oxygen atoms in total. The summed E-state index contributed by atoms with van der Waals surface area (Å²) in [5, 5.41) is 2.44. The number of aromatic nitrogens is 2. The van der Waals surface area contributed by atoms with Crippen molar-refractivity contribution in [3.05, 3.63) is 132 Å². The molecule has 0 saturated heterocycles. The molecule has 4 heteroatoms. The standard InChI is InChI=1S/C45H49N3O/c1-29(2)44(9)45(10,32-16-12-11-13-17-32)49-41(47-44)31-24-34(43(6,7)8)27-35(25-31)48-39-19-15-14-18-36(39)37-21-20-30(26-40(37)48)38-28-33(22-23-46-38)42(3,4)5/h11-29H,1-10H3/t44-,45-/m1/s1. The van der Waals surface area contributed by atoms with Crippen molar-refractivity contribution < 1.29 is 4.74 Å². The van der Waals surface area contributed by atoms with Gasteiger partial charge >= 0.3 is 0 Å². The number of benzene rings is 4. The van der Waals surface area contributed by atoms with Crippen molar-refractivity contribution in [2.24, 2.45) is 10.9 Å². The lowest BCUT2D eigenvalue weighted by Crippen LogP contribution is -2.47. The summed E-state index contributed by atoms with van der Waals surface area (Å²) in [6.45, 7) is 22.5. The third kappa shape index (κ3) is 5.46. The summed E-state index contributed by atoms with van der Waals surface area (Å²) in [6, 6.07) is 37.3. The first kappa shape index (κ1) is 32.8. The van der Waals surface area contributed by atoms with E-state index in [1.165, 1.54) is 27.4 Å². The first-order chi connectivity index (χ1) is 23.1. The molecule has 0 N–H and O–H groups in total. The van der Waals surface area contributed by atoms with Crippen LogP contribution < -0.4 is 0 Å². The molecule has 0 fully saturated rings. The molecule has 0 saturated carbocycles. The zero-order valence-corrected chi connectivity index (χ0v) is 30.7. The average molecular weight is 648 g/mol. The van der Waals surface area contributed by atoms with Crippen LogP contribution in [-0.2, 0) is 21.2 Å². The molecule has 1 aliphatic rings. The van der Waals surface area contributed by atoms with Gasteiger partial charge in [-0.25, -0.2) is 4.99 Å². The molecule has 0 aliphatic carbocycles. The lowest BCUT2D eigenvalue weighted by molar-refractivity contribution is 0.00858. The molecule has 49 heavy (non-hydrogen) atoms. The van der Waals surface area contributed by atoms with Gasteiger partial charge in [-0.15, -0.1) is 0 Å². The van der Waals surface area contributed by atoms with Gasteiger partial charge in [-0.3, -0.25) is 4.98 Å². The average Bonchev–Trinajstić information content (AvgIpc) is 3.56. The maximum Gasteiger partial charge on any atom is 0.217 e. The minimum absolute atomic E-state index is 0.0355. The van der Waals surface area contributed by atoms with Crippen molar-refractivity contribution >= 4 is 27.7 Å². The van der Waals surface area contributed by atoms with Crippen LogP contribution in [0.4, 0.5) is 0 Å². The molecule has 4 aromatic carbocycles. The summed E-state index contributed by atoms with van der Waals surface area (Å²) >= 11 is 0. The van der Waals surface area contributed by atoms with Crippen molar-refractivity contribution in [3.8, 4) is 16.9 Å². The molecule has 0 amide bonds. The first-order valence-electron chi connectivity index (χ1n) is 17.6. The molecule has 6 aromatic rings. The maximum atomic E-state index is 7.06. The van der Waals surface area contributed by atoms with Crippen molar-refractivity contribution in [1.29, 1.82) is 0 Å². The zero-order valence-electron chi connectivity index (χ0n) is 30.7. The molecule has 0 unspecified atom stereocenters. The molecule has 2 atom stereocenters. The molecule has 0 bridgehead atoms. The van der Waals surface area contributed by atoms with Gasteiger partial charge in [-0.2, -0.15) is 0 Å². The Kier molecular flexibility index (Phi) is 7.66. The highest BCUT2D eigenvalue weighted by atomic mass is 16.5. The van der Waals surface area contributed by atoms with Crippen molar-refractivity contribution in [3.63, 3.8) is 0 Å². The number of para-hydroxylation sites is 1. The molecule has 2 aromatic heterocycles. The summed E-state index contributed by atoms with van der Waals surface area (Å²) in [4.78, 5) is 10.3. The number of pyridine rings is 1. The summed E-state index contributed by atoms with van der Waals surface area (Å²) in [6.07, 6.45) is 1.94. The van der Waals surface area contributed by atoms with E-state index in [1.807, 2.05) is 6.20 Å². The van der Waals surface area contributed by atoms with E-state index in [9.17, 15) is 0 Å². The van der Waals surface area contributed by atoms with E-state index < -0.39 is 11.1 Å². The second-order valence-corrected chi connectivity index (χ2v) is 16.5. The quantitative estimate of drug-likeness (QED) is 0.187. The second-order valence-electron chi connectivity index (χ2n) is 16.5. The summed E-state index contributed by atoms with van der Waals surface area (Å²) < 4.78 is 9.47. The van der Waals surface area contributed by atoms with Crippen LogP contribution in [0.3, 0.4) is 0 Å². The van der Waals surface area contributed by atoms with Crippen molar-refractivity contribution in [1.82, 2.24) is 9.55 Å². The highest BCUT2D eigenvalue weighted by Gasteiger charge is 2.55. The predicted octanol–water partition coefficient (Wildman–Crippen LogP) is 11.5. The van der Waals surface area contributed by atoms with Gasteiger partial charge in [0.15, 0.2) is 5.60 Å². The SMILES string of the molecule is CC(C)[C@@]1(C)N=C(c2cc(-n3c4ccccc4c4ccc(-c5cc(C(C)(C)C)ccn5)cc43)cc(C(C)(C)C)c2)O[C@]1(C)c1ccccc1. The van der Waals surface area contributed by atoms with Crippen LogP contribution in [0.15, 0.2) is 114 Å². The van der Waals surface area contributed by atoms with Crippen molar-refractivity contribution in [2.75, 3.05) is 0 Å². The third-order valence-corrected chi connectivity index (χ3v) is 10.9. The van der Waals surface area contributed by atoms with E-state index in [0.717, 1.165) is 33.6 Å². The summed E-state index contributed by atoms with van der Waals surface area (Å²) in [5.74, 6) is 0.946. The molecule has 250 valence electrons. The van der Waals surface area contributed by atoms with Gasteiger partial charge in [0, 0.05) is 33.8 Å². The lowest BCUT2D eigenvalue weighted by atomic mass is 9.72. The second kappa shape index (κ2) is 11.4. The highest BCUT2D eigenvalue weighted by Crippen LogP contribution is 2.49. The van der Waals surface area contributed by atoms with E-state index in [1.54, 1.807) is 0 Å². The van der Waals surface area contributed by atoms with Crippen LogP contribution in [0.2, 0.25) is 0 Å². The minimum atomic E-state index is -0.619. The largest absolute Gasteiger partial charge is 0.464 e. The van der Waals surface area contributed by atoms with E-state index in [2.05, 4.69) is 177 Å². The Morgan fingerprint density at radius 2 is 1.33 bits per heavy atom. The summed E-state index contributed by atoms with van der Waals surface area (Å²) in [7, 11) is 0. The van der Waals surface area contributed by atoms with Gasteiger partial charge in [-0.1, -0.05) is 116 Å². The number of hydrogen-bond acceptors (Lipinski definition) is 3. The Morgan fingerprint density at radius 3 is 2.02 bits per heavy atom. The van der Waals surface area contributed by atoms with Crippen LogP contribution in [0.1, 0.15) is 91.5 Å². The van der Waals surface area contributed by atoms with E-state index >= 15 is 0 Å². The number of aliphatic imine (C=N–C) groups is 1. The van der Waals surface area contributed by atoms with Gasteiger partial charge in [0.25, 0.3) is 0 Å². The minimum Gasteiger partial charge on any atom is -0.464 e. The Bertz CT molecular complexity index is 2230. The molecule has 1 aliphatic heterocycles. The first-order valence-corrected chi connectivity index (χ1v) is 17.6. The zero-order chi connectivity index (χ0) is 34.9. The predicted molar refractivity (Wildman–Crippen MR) is 206 cm³/mol. The van der Waals surface area contributed by atoms with Crippen LogP contribution >= 0.6 is 0 Å². The normalized spacial score (nSPS) is 19.9. The Balaban J connectivity index is 1.46. The fourth-order valence-corrected chi connectivity index (χ4v) is 7.31. The fraction of sp³-hybridized carbons (Fsp3) is 0.333. The Hall–Kier alpha value is -4.70.